The molecular weight excluding hydrogens is 282 g/mol. The van der Waals surface area contributed by atoms with Crippen LogP contribution in [0.5, 0.6) is 11.5 Å². The Labute approximate surface area is 129 Å². The van der Waals surface area contributed by atoms with Crippen LogP contribution in [0.4, 0.5) is 5.69 Å². The molecule has 0 bridgehead atoms. The van der Waals surface area contributed by atoms with Crippen LogP contribution in [0.1, 0.15) is 12.8 Å². The highest BCUT2D eigenvalue weighted by atomic mass is 16.5. The van der Waals surface area contributed by atoms with Gasteiger partial charge in [-0.1, -0.05) is 0 Å². The van der Waals surface area contributed by atoms with Gasteiger partial charge in [-0.05, 0) is 25.0 Å². The number of nitriles is 1. The van der Waals surface area contributed by atoms with Crippen molar-refractivity contribution in [2.75, 3.05) is 32.6 Å². The fraction of sp³-hybridized carbons (Fsp3) is 0.375. The average Bonchev–Trinajstić information content (AvgIpc) is 3.05. The van der Waals surface area contributed by atoms with Crippen LogP contribution in [0.2, 0.25) is 0 Å². The fourth-order valence-electron chi connectivity index (χ4n) is 2.29. The maximum Gasteiger partial charge on any atom is 0.267 e. The highest BCUT2D eigenvalue weighted by molar-refractivity contribution is 6.07. The quantitative estimate of drug-likeness (QED) is 0.666. The van der Waals surface area contributed by atoms with Crippen molar-refractivity contribution >= 4 is 11.6 Å². The molecule has 1 saturated heterocycles. The van der Waals surface area contributed by atoms with Gasteiger partial charge in [0, 0.05) is 25.4 Å². The van der Waals surface area contributed by atoms with E-state index in [9.17, 15) is 10.1 Å². The van der Waals surface area contributed by atoms with Crippen LogP contribution in [0.15, 0.2) is 30.0 Å². The summed E-state index contributed by atoms with van der Waals surface area (Å²) in [6.07, 6.45) is 3.79. The van der Waals surface area contributed by atoms with Crippen LogP contribution in [-0.4, -0.2) is 38.1 Å². The highest BCUT2D eigenvalue weighted by Gasteiger charge is 2.16. The number of likely N-dealkylation sites (tertiary alicyclic amines) is 1. The van der Waals surface area contributed by atoms with Crippen molar-refractivity contribution in [3.8, 4) is 17.6 Å². The first-order chi connectivity index (χ1) is 10.7. The number of benzene rings is 1. The first-order valence-corrected chi connectivity index (χ1v) is 7.07. The summed E-state index contributed by atoms with van der Waals surface area (Å²) in [5.74, 6) is 0.645. The van der Waals surface area contributed by atoms with E-state index in [-0.39, 0.29) is 5.57 Å². The van der Waals surface area contributed by atoms with E-state index in [0.29, 0.717) is 17.2 Å². The number of amides is 1. The number of nitrogens with one attached hydrogen (secondary N) is 1. The standard InChI is InChI=1S/C16H19N3O3/c1-21-13-5-6-15(22-2)14(9-13)18-16(20)12(10-17)11-19-7-3-4-8-19/h5-6,9,11H,3-4,7-8H2,1-2H3,(H,18,20)/b12-11-. The summed E-state index contributed by atoms with van der Waals surface area (Å²) in [5.41, 5.74) is 0.543. The van der Waals surface area contributed by atoms with Crippen molar-refractivity contribution < 1.29 is 14.3 Å². The molecule has 0 atom stereocenters. The molecule has 1 amide bonds. The summed E-state index contributed by atoms with van der Waals surface area (Å²) in [6.45, 7) is 1.75. The van der Waals surface area contributed by atoms with Gasteiger partial charge in [0.05, 0.1) is 19.9 Å². The topological polar surface area (TPSA) is 74.6 Å². The van der Waals surface area contributed by atoms with Crippen LogP contribution in [0.3, 0.4) is 0 Å². The first kappa shape index (κ1) is 15.7. The fourth-order valence-corrected chi connectivity index (χ4v) is 2.29. The number of rotatable bonds is 5. The molecule has 1 fully saturated rings. The normalized spacial score (nSPS) is 14.4. The minimum Gasteiger partial charge on any atom is -0.497 e. The highest BCUT2D eigenvalue weighted by Crippen LogP contribution is 2.29. The molecule has 6 nitrogen and oxygen atoms in total. The third-order valence-electron chi connectivity index (χ3n) is 3.47. The Kier molecular flexibility index (Phi) is 5.26. The maximum atomic E-state index is 12.3. The van der Waals surface area contributed by atoms with Gasteiger partial charge in [-0.3, -0.25) is 4.79 Å². The number of carbonyl (C=O) groups is 1. The molecule has 1 aliphatic rings. The Morgan fingerprint density at radius 1 is 1.32 bits per heavy atom. The molecule has 0 spiro atoms. The number of ether oxygens (including phenoxy) is 2. The van der Waals surface area contributed by atoms with E-state index in [1.54, 1.807) is 31.5 Å². The SMILES string of the molecule is COc1ccc(OC)c(NC(=O)/C(C#N)=C\N2CCCC2)c1. The zero-order chi connectivity index (χ0) is 15.9. The lowest BCUT2D eigenvalue weighted by Gasteiger charge is -2.13. The predicted octanol–water partition coefficient (Wildman–Crippen LogP) is 2.15. The minimum atomic E-state index is -0.457. The van der Waals surface area contributed by atoms with E-state index >= 15 is 0 Å². The van der Waals surface area contributed by atoms with Crippen LogP contribution in [0, 0.1) is 11.3 Å². The largest absolute Gasteiger partial charge is 0.497 e. The molecule has 1 heterocycles. The number of methoxy groups -OCH3 is 2. The van der Waals surface area contributed by atoms with Crippen LogP contribution < -0.4 is 14.8 Å². The monoisotopic (exact) mass is 301 g/mol. The van der Waals surface area contributed by atoms with E-state index in [1.807, 2.05) is 11.0 Å². The summed E-state index contributed by atoms with van der Waals surface area (Å²) in [6, 6.07) is 7.04. The second-order valence-corrected chi connectivity index (χ2v) is 4.92. The third-order valence-corrected chi connectivity index (χ3v) is 3.47. The molecular formula is C16H19N3O3. The molecule has 1 aliphatic heterocycles. The van der Waals surface area contributed by atoms with E-state index in [2.05, 4.69) is 5.32 Å². The predicted molar refractivity (Wildman–Crippen MR) is 82.7 cm³/mol. The molecule has 116 valence electrons. The van der Waals surface area contributed by atoms with Crippen LogP contribution in [-0.2, 0) is 4.79 Å². The summed E-state index contributed by atoms with van der Waals surface area (Å²) in [4.78, 5) is 14.3. The summed E-state index contributed by atoms with van der Waals surface area (Å²) >= 11 is 0. The number of nitrogens with zero attached hydrogens (tertiary/aromatic N) is 2. The summed E-state index contributed by atoms with van der Waals surface area (Å²) in [7, 11) is 3.06. The van der Waals surface area contributed by atoms with Gasteiger partial charge in [0.2, 0.25) is 0 Å². The van der Waals surface area contributed by atoms with Gasteiger partial charge in [0.15, 0.2) is 0 Å². The van der Waals surface area contributed by atoms with Gasteiger partial charge in [0.1, 0.15) is 23.1 Å². The average molecular weight is 301 g/mol. The van der Waals surface area contributed by atoms with Gasteiger partial charge in [-0.15, -0.1) is 0 Å². The van der Waals surface area contributed by atoms with Gasteiger partial charge in [-0.2, -0.15) is 5.26 Å². The Balaban J connectivity index is 2.18. The second-order valence-electron chi connectivity index (χ2n) is 4.92. The lowest BCUT2D eigenvalue weighted by atomic mass is 10.2. The molecule has 0 radical (unpaired) electrons. The minimum absolute atomic E-state index is 0.0757. The summed E-state index contributed by atoms with van der Waals surface area (Å²) < 4.78 is 10.3. The van der Waals surface area contributed by atoms with Gasteiger partial charge in [0.25, 0.3) is 5.91 Å². The number of anilines is 1. The van der Waals surface area contributed by atoms with Crippen molar-refractivity contribution in [2.24, 2.45) is 0 Å². The van der Waals surface area contributed by atoms with Crippen molar-refractivity contribution in [3.05, 3.63) is 30.0 Å². The molecule has 0 aliphatic carbocycles. The van der Waals surface area contributed by atoms with Gasteiger partial charge in [-0.25, -0.2) is 0 Å². The third kappa shape index (κ3) is 3.70. The van der Waals surface area contributed by atoms with Crippen LogP contribution in [0.25, 0.3) is 0 Å². The van der Waals surface area contributed by atoms with E-state index in [4.69, 9.17) is 9.47 Å². The number of hydrogen-bond acceptors (Lipinski definition) is 5. The van der Waals surface area contributed by atoms with E-state index in [1.165, 1.54) is 7.11 Å². The first-order valence-electron chi connectivity index (χ1n) is 7.07. The Bertz CT molecular complexity index is 614. The second kappa shape index (κ2) is 7.36. The molecule has 1 aromatic carbocycles. The summed E-state index contributed by atoms with van der Waals surface area (Å²) in [5, 5.41) is 11.9. The smallest absolute Gasteiger partial charge is 0.267 e. The zero-order valence-electron chi connectivity index (χ0n) is 12.8. The van der Waals surface area contributed by atoms with E-state index < -0.39 is 5.91 Å². The molecule has 0 unspecified atom stereocenters. The van der Waals surface area contributed by atoms with E-state index in [0.717, 1.165) is 25.9 Å². The zero-order valence-corrected chi connectivity index (χ0v) is 12.8. The van der Waals surface area contributed by atoms with Crippen LogP contribution >= 0.6 is 0 Å². The van der Waals surface area contributed by atoms with Crippen molar-refractivity contribution in [2.45, 2.75) is 12.8 Å². The molecule has 0 saturated carbocycles. The van der Waals surface area contributed by atoms with Crippen molar-refractivity contribution in [3.63, 3.8) is 0 Å². The van der Waals surface area contributed by atoms with Gasteiger partial charge >= 0.3 is 0 Å². The molecule has 6 heteroatoms. The molecule has 22 heavy (non-hydrogen) atoms. The Morgan fingerprint density at radius 3 is 2.64 bits per heavy atom. The Morgan fingerprint density at radius 2 is 2.05 bits per heavy atom. The molecule has 2 rings (SSSR count). The lowest BCUT2D eigenvalue weighted by molar-refractivity contribution is -0.112. The molecule has 1 N–H and O–H groups in total. The molecule has 0 aromatic heterocycles. The lowest BCUT2D eigenvalue weighted by Crippen LogP contribution is -2.19. The molecule has 1 aromatic rings. The van der Waals surface area contributed by atoms with Crippen molar-refractivity contribution in [1.29, 1.82) is 5.26 Å². The number of hydrogen-bond donors (Lipinski definition) is 1. The van der Waals surface area contributed by atoms with Gasteiger partial charge < -0.3 is 19.7 Å². The Hall–Kier alpha value is -2.68. The van der Waals surface area contributed by atoms with Crippen molar-refractivity contribution in [1.82, 2.24) is 4.90 Å². The maximum absolute atomic E-state index is 12.3. The number of carbonyl (C=O) groups excluding carboxylic acids is 1.